The Kier molecular flexibility index (Phi) is 3.55. The smallest absolute Gasteiger partial charge is 0.336 e. The standard InChI is InChI=1S/C10H8FN5O4/c1-20-10-13-9(14-15-10)12-8(17)5-2-6(11)4-7(3-5)16(18)19/h2-4H,1H3,(H2,12,13,14,15,17). The van der Waals surface area contributed by atoms with Crippen LogP contribution >= 0.6 is 0 Å². The minimum absolute atomic E-state index is 0.00511. The topological polar surface area (TPSA) is 123 Å². The van der Waals surface area contributed by atoms with Crippen LogP contribution in [0, 0.1) is 15.9 Å². The second-order valence-electron chi connectivity index (χ2n) is 3.58. The summed E-state index contributed by atoms with van der Waals surface area (Å²) in [5, 5.41) is 18.8. The summed E-state index contributed by atoms with van der Waals surface area (Å²) in [6.07, 6.45) is 0. The van der Waals surface area contributed by atoms with Crippen molar-refractivity contribution in [1.29, 1.82) is 0 Å². The van der Waals surface area contributed by atoms with Crippen molar-refractivity contribution in [1.82, 2.24) is 15.2 Å². The second-order valence-corrected chi connectivity index (χ2v) is 3.58. The molecule has 20 heavy (non-hydrogen) atoms. The molecule has 2 N–H and O–H groups in total. The molecule has 0 saturated carbocycles. The number of anilines is 1. The maximum atomic E-state index is 13.2. The second kappa shape index (κ2) is 5.30. The predicted molar refractivity (Wildman–Crippen MR) is 63.9 cm³/mol. The largest absolute Gasteiger partial charge is 0.466 e. The summed E-state index contributed by atoms with van der Waals surface area (Å²) >= 11 is 0. The third-order valence-corrected chi connectivity index (χ3v) is 2.23. The maximum Gasteiger partial charge on any atom is 0.336 e. The molecule has 1 heterocycles. The average molecular weight is 281 g/mol. The lowest BCUT2D eigenvalue weighted by atomic mass is 10.2. The summed E-state index contributed by atoms with van der Waals surface area (Å²) in [4.78, 5) is 25.3. The zero-order valence-corrected chi connectivity index (χ0v) is 10.1. The van der Waals surface area contributed by atoms with Crippen molar-refractivity contribution < 1.29 is 18.8 Å². The van der Waals surface area contributed by atoms with E-state index in [1.165, 1.54) is 7.11 Å². The number of carbonyl (C=O) groups excluding carboxylic acids is 1. The minimum Gasteiger partial charge on any atom is -0.466 e. The normalized spacial score (nSPS) is 10.1. The summed E-state index contributed by atoms with van der Waals surface area (Å²) < 4.78 is 17.9. The fourth-order valence-corrected chi connectivity index (χ4v) is 1.38. The summed E-state index contributed by atoms with van der Waals surface area (Å²) in [6, 6.07) is 2.54. The van der Waals surface area contributed by atoms with Gasteiger partial charge in [0.25, 0.3) is 11.6 Å². The number of hydrogen-bond acceptors (Lipinski definition) is 6. The molecule has 0 aliphatic heterocycles. The fourth-order valence-electron chi connectivity index (χ4n) is 1.38. The number of nitro groups is 1. The third kappa shape index (κ3) is 2.85. The van der Waals surface area contributed by atoms with Gasteiger partial charge in [-0.1, -0.05) is 0 Å². The summed E-state index contributed by atoms with van der Waals surface area (Å²) in [5.41, 5.74) is -0.739. The van der Waals surface area contributed by atoms with Gasteiger partial charge in [-0.25, -0.2) is 9.49 Å². The fraction of sp³-hybridized carbons (Fsp3) is 0.100. The molecule has 0 fully saturated rings. The monoisotopic (exact) mass is 281 g/mol. The van der Waals surface area contributed by atoms with E-state index in [0.717, 1.165) is 12.1 Å². The lowest BCUT2D eigenvalue weighted by Crippen LogP contribution is -2.13. The van der Waals surface area contributed by atoms with E-state index in [4.69, 9.17) is 4.74 Å². The molecule has 1 aromatic carbocycles. The van der Waals surface area contributed by atoms with Crippen LogP contribution in [-0.2, 0) is 0 Å². The highest BCUT2D eigenvalue weighted by Gasteiger charge is 2.16. The highest BCUT2D eigenvalue weighted by atomic mass is 19.1. The van der Waals surface area contributed by atoms with Crippen LogP contribution in [0.3, 0.4) is 0 Å². The summed E-state index contributed by atoms with van der Waals surface area (Å²) in [5.74, 6) is -1.69. The number of methoxy groups -OCH3 is 1. The first-order valence-corrected chi connectivity index (χ1v) is 5.22. The van der Waals surface area contributed by atoms with E-state index in [9.17, 15) is 19.3 Å². The number of aromatic amines is 1. The Bertz CT molecular complexity index is 671. The molecule has 0 bridgehead atoms. The summed E-state index contributed by atoms with van der Waals surface area (Å²) in [6.45, 7) is 0. The van der Waals surface area contributed by atoms with Gasteiger partial charge in [0.15, 0.2) is 0 Å². The van der Waals surface area contributed by atoms with Gasteiger partial charge in [0.05, 0.1) is 18.1 Å². The van der Waals surface area contributed by atoms with Crippen LogP contribution in [0.5, 0.6) is 6.01 Å². The van der Waals surface area contributed by atoms with Crippen LogP contribution in [0.4, 0.5) is 16.0 Å². The highest BCUT2D eigenvalue weighted by Crippen LogP contribution is 2.17. The number of non-ortho nitro benzene ring substituents is 1. The first kappa shape index (κ1) is 13.4. The Morgan fingerprint density at radius 1 is 1.50 bits per heavy atom. The molecule has 0 aliphatic rings. The first-order valence-electron chi connectivity index (χ1n) is 5.22. The lowest BCUT2D eigenvalue weighted by Gasteiger charge is -2.01. The van der Waals surface area contributed by atoms with E-state index in [1.807, 2.05) is 0 Å². The van der Waals surface area contributed by atoms with Crippen molar-refractivity contribution in [2.75, 3.05) is 12.4 Å². The SMILES string of the molecule is COc1n[nH]c(NC(=O)c2cc(F)cc([N+](=O)[O-])c2)n1. The minimum atomic E-state index is -0.889. The van der Waals surface area contributed by atoms with Crippen molar-refractivity contribution in [2.24, 2.45) is 0 Å². The number of nitrogens with zero attached hydrogens (tertiary/aromatic N) is 3. The van der Waals surface area contributed by atoms with Crippen LogP contribution in [-0.4, -0.2) is 33.1 Å². The van der Waals surface area contributed by atoms with Gasteiger partial charge in [-0.3, -0.25) is 20.2 Å². The van der Waals surface area contributed by atoms with E-state index in [-0.39, 0.29) is 17.5 Å². The molecule has 0 radical (unpaired) electrons. The Hall–Kier alpha value is -3.04. The number of ether oxygens (including phenoxy) is 1. The molecule has 0 spiro atoms. The zero-order valence-electron chi connectivity index (χ0n) is 10.1. The van der Waals surface area contributed by atoms with Crippen LogP contribution in [0.25, 0.3) is 0 Å². The van der Waals surface area contributed by atoms with Crippen molar-refractivity contribution >= 4 is 17.5 Å². The third-order valence-electron chi connectivity index (χ3n) is 2.23. The molecule has 0 saturated heterocycles. The van der Waals surface area contributed by atoms with Gasteiger partial charge in [-0.15, -0.1) is 5.10 Å². The molecule has 1 amide bonds. The van der Waals surface area contributed by atoms with Crippen LogP contribution < -0.4 is 10.1 Å². The number of nitro benzene ring substituents is 1. The Balaban J connectivity index is 2.22. The number of rotatable bonds is 4. The van der Waals surface area contributed by atoms with Crippen molar-refractivity contribution in [3.63, 3.8) is 0 Å². The molecular weight excluding hydrogens is 273 g/mol. The van der Waals surface area contributed by atoms with Crippen LogP contribution in [0.1, 0.15) is 10.4 Å². The average Bonchev–Trinajstić information content (AvgIpc) is 2.85. The van der Waals surface area contributed by atoms with Gasteiger partial charge >= 0.3 is 6.01 Å². The molecule has 10 heteroatoms. The predicted octanol–water partition coefficient (Wildman–Crippen LogP) is 1.11. The Labute approximate surface area is 110 Å². The number of aromatic nitrogens is 3. The number of hydrogen-bond donors (Lipinski definition) is 2. The Morgan fingerprint density at radius 2 is 2.25 bits per heavy atom. The van der Waals surface area contributed by atoms with E-state index in [0.29, 0.717) is 6.07 Å². The number of H-pyrrole nitrogens is 1. The number of amides is 1. The molecule has 2 aromatic rings. The summed E-state index contributed by atoms with van der Waals surface area (Å²) in [7, 11) is 1.34. The molecule has 1 aromatic heterocycles. The first-order chi connectivity index (χ1) is 9.49. The van der Waals surface area contributed by atoms with E-state index < -0.39 is 22.3 Å². The number of halogens is 1. The molecule has 0 aliphatic carbocycles. The Morgan fingerprint density at radius 3 is 2.85 bits per heavy atom. The van der Waals surface area contributed by atoms with Gasteiger partial charge in [0.1, 0.15) is 5.82 Å². The number of benzene rings is 1. The van der Waals surface area contributed by atoms with Crippen LogP contribution in [0.15, 0.2) is 18.2 Å². The number of nitrogens with one attached hydrogen (secondary N) is 2. The van der Waals surface area contributed by atoms with Gasteiger partial charge in [-0.05, 0) is 6.07 Å². The number of carbonyl (C=O) groups is 1. The molecular formula is C10H8FN5O4. The van der Waals surface area contributed by atoms with E-state index >= 15 is 0 Å². The zero-order chi connectivity index (χ0) is 14.7. The molecule has 0 atom stereocenters. The van der Waals surface area contributed by atoms with E-state index in [1.54, 1.807) is 0 Å². The van der Waals surface area contributed by atoms with Gasteiger partial charge in [-0.2, -0.15) is 4.98 Å². The maximum absolute atomic E-state index is 13.2. The molecule has 9 nitrogen and oxygen atoms in total. The van der Waals surface area contributed by atoms with Crippen molar-refractivity contribution in [2.45, 2.75) is 0 Å². The molecule has 104 valence electrons. The molecule has 2 rings (SSSR count). The lowest BCUT2D eigenvalue weighted by molar-refractivity contribution is -0.385. The van der Waals surface area contributed by atoms with Gasteiger partial charge in [0.2, 0.25) is 5.95 Å². The highest BCUT2D eigenvalue weighted by molar-refractivity contribution is 6.03. The van der Waals surface area contributed by atoms with Gasteiger partial charge in [0, 0.05) is 11.6 Å². The molecule has 0 unspecified atom stereocenters. The van der Waals surface area contributed by atoms with Crippen molar-refractivity contribution in [3.8, 4) is 6.01 Å². The van der Waals surface area contributed by atoms with E-state index in [2.05, 4.69) is 20.5 Å². The van der Waals surface area contributed by atoms with Crippen molar-refractivity contribution in [3.05, 3.63) is 39.7 Å². The van der Waals surface area contributed by atoms with Gasteiger partial charge < -0.3 is 4.74 Å². The van der Waals surface area contributed by atoms with Crippen LogP contribution in [0.2, 0.25) is 0 Å². The quantitative estimate of drug-likeness (QED) is 0.639.